The summed E-state index contributed by atoms with van der Waals surface area (Å²) >= 11 is 0. The van der Waals surface area contributed by atoms with Crippen molar-refractivity contribution in [3.63, 3.8) is 0 Å². The van der Waals surface area contributed by atoms with E-state index in [0.29, 0.717) is 12.0 Å². The van der Waals surface area contributed by atoms with Crippen molar-refractivity contribution in [2.45, 2.75) is 13.3 Å². The number of rotatable bonds is 2. The van der Waals surface area contributed by atoms with Gasteiger partial charge in [0.25, 0.3) is 0 Å². The molecule has 0 saturated heterocycles. The van der Waals surface area contributed by atoms with Gasteiger partial charge in [0.2, 0.25) is 0 Å². The number of carboxylic acids is 1. The van der Waals surface area contributed by atoms with Crippen LogP contribution in [0.4, 0.5) is 0 Å². The van der Waals surface area contributed by atoms with Crippen LogP contribution in [0.15, 0.2) is 18.2 Å². The molecule has 0 unspecified atom stereocenters. The maximum Gasteiger partial charge on any atom is 0.336 e. The largest absolute Gasteiger partial charge is 0.478 e. The van der Waals surface area contributed by atoms with E-state index in [0.717, 1.165) is 5.56 Å². The summed E-state index contributed by atoms with van der Waals surface area (Å²) in [6, 6.07) is 5.09. The Labute approximate surface area is 88.4 Å². The molecule has 0 amide bonds. The van der Waals surface area contributed by atoms with Crippen LogP contribution >= 0.6 is 0 Å². The molecular weight excluding hydrogens is 192 g/mol. The van der Waals surface area contributed by atoms with Crippen LogP contribution in [0.2, 0.25) is 0 Å². The Morgan fingerprint density at radius 1 is 1.47 bits per heavy atom. The van der Waals surface area contributed by atoms with Crippen LogP contribution in [0.5, 0.6) is 0 Å². The van der Waals surface area contributed by atoms with Crippen molar-refractivity contribution in [1.82, 2.24) is 0 Å². The topological polar surface area (TPSA) is 57.5 Å². The Morgan fingerprint density at radius 2 is 2.20 bits per heavy atom. The summed E-state index contributed by atoms with van der Waals surface area (Å²) in [6.07, 6.45) is 0.354. The van der Waals surface area contributed by atoms with E-state index in [9.17, 15) is 4.79 Å². The zero-order valence-electron chi connectivity index (χ0n) is 8.45. The van der Waals surface area contributed by atoms with Gasteiger partial charge in [-0.2, -0.15) is 0 Å². The highest BCUT2D eigenvalue weighted by atomic mass is 16.4. The molecule has 0 heterocycles. The van der Waals surface area contributed by atoms with Gasteiger partial charge in [0, 0.05) is 12.0 Å². The minimum absolute atomic E-state index is 0.0126. The molecule has 2 N–H and O–H groups in total. The molecule has 0 fully saturated rings. The molecule has 1 rings (SSSR count). The van der Waals surface area contributed by atoms with Crippen LogP contribution in [0, 0.1) is 18.8 Å². The predicted octanol–water partition coefficient (Wildman–Crippen LogP) is 1.43. The zero-order chi connectivity index (χ0) is 11.3. The smallest absolute Gasteiger partial charge is 0.336 e. The van der Waals surface area contributed by atoms with Gasteiger partial charge in [0.1, 0.15) is 0 Å². The Balaban J connectivity index is 3.08. The van der Waals surface area contributed by atoms with Gasteiger partial charge >= 0.3 is 5.97 Å². The van der Waals surface area contributed by atoms with Crippen LogP contribution in [0.25, 0.3) is 0 Å². The summed E-state index contributed by atoms with van der Waals surface area (Å²) < 4.78 is 0. The molecule has 0 spiro atoms. The summed E-state index contributed by atoms with van der Waals surface area (Å²) in [7, 11) is 0. The fraction of sp³-hybridized carbons (Fsp3) is 0.250. The van der Waals surface area contributed by atoms with E-state index in [1.54, 1.807) is 12.1 Å². The summed E-state index contributed by atoms with van der Waals surface area (Å²) in [5.74, 6) is 4.46. The fourth-order valence-electron chi connectivity index (χ4n) is 1.16. The van der Waals surface area contributed by atoms with Crippen molar-refractivity contribution in [3.05, 3.63) is 34.9 Å². The average Bonchev–Trinajstić information content (AvgIpc) is 2.20. The summed E-state index contributed by atoms with van der Waals surface area (Å²) in [5.41, 5.74) is 1.59. The zero-order valence-corrected chi connectivity index (χ0v) is 8.45. The molecular formula is C12H12O3. The maximum atomic E-state index is 10.9. The number of aromatic carboxylic acids is 1. The molecule has 15 heavy (non-hydrogen) atoms. The van der Waals surface area contributed by atoms with Gasteiger partial charge in [-0.15, -0.1) is 0 Å². The standard InChI is InChI=1S/C12H12O3/c1-9-5-6-10(4-2-3-7-13)11(8-9)12(14)15/h5-6,8,13H,3,7H2,1H3,(H,14,15). The molecule has 0 aliphatic carbocycles. The normalized spacial score (nSPS) is 9.20. The Hall–Kier alpha value is -1.79. The van der Waals surface area contributed by atoms with Gasteiger partial charge in [0.05, 0.1) is 12.2 Å². The number of hydrogen-bond donors (Lipinski definition) is 2. The second kappa shape index (κ2) is 5.18. The first kappa shape index (κ1) is 11.3. The number of aryl methyl sites for hydroxylation is 1. The lowest BCUT2D eigenvalue weighted by atomic mass is 10.0. The van der Waals surface area contributed by atoms with Crippen LogP contribution in [0.1, 0.15) is 27.9 Å². The Kier molecular flexibility index (Phi) is 3.90. The number of aliphatic hydroxyl groups excluding tert-OH is 1. The van der Waals surface area contributed by atoms with E-state index in [1.807, 2.05) is 13.0 Å². The van der Waals surface area contributed by atoms with E-state index in [2.05, 4.69) is 11.8 Å². The number of aliphatic hydroxyl groups is 1. The third-order valence-corrected chi connectivity index (χ3v) is 1.87. The highest BCUT2D eigenvalue weighted by Crippen LogP contribution is 2.10. The fourth-order valence-corrected chi connectivity index (χ4v) is 1.16. The lowest BCUT2D eigenvalue weighted by Gasteiger charge is -2.00. The molecule has 1 aromatic rings. The number of carboxylic acid groups (broad SMARTS) is 1. The van der Waals surface area contributed by atoms with Crippen molar-refractivity contribution in [2.75, 3.05) is 6.61 Å². The third kappa shape index (κ3) is 3.12. The summed E-state index contributed by atoms with van der Waals surface area (Å²) in [5, 5.41) is 17.5. The van der Waals surface area contributed by atoms with E-state index >= 15 is 0 Å². The van der Waals surface area contributed by atoms with E-state index in [-0.39, 0.29) is 12.2 Å². The molecule has 0 aromatic heterocycles. The molecule has 0 aliphatic heterocycles. The second-order valence-electron chi connectivity index (χ2n) is 3.13. The highest BCUT2D eigenvalue weighted by Gasteiger charge is 2.07. The minimum Gasteiger partial charge on any atom is -0.478 e. The van der Waals surface area contributed by atoms with Gasteiger partial charge < -0.3 is 10.2 Å². The summed E-state index contributed by atoms with van der Waals surface area (Å²) in [4.78, 5) is 10.9. The number of hydrogen-bond acceptors (Lipinski definition) is 2. The lowest BCUT2D eigenvalue weighted by Crippen LogP contribution is -2.00. The van der Waals surface area contributed by atoms with Crippen LogP contribution < -0.4 is 0 Å². The van der Waals surface area contributed by atoms with Crippen LogP contribution in [0.3, 0.4) is 0 Å². The first-order chi connectivity index (χ1) is 7.15. The second-order valence-corrected chi connectivity index (χ2v) is 3.13. The summed E-state index contributed by atoms with van der Waals surface area (Å²) in [6.45, 7) is 1.82. The molecule has 1 aromatic carbocycles. The third-order valence-electron chi connectivity index (χ3n) is 1.87. The predicted molar refractivity (Wildman–Crippen MR) is 56.7 cm³/mol. The first-order valence-corrected chi connectivity index (χ1v) is 4.59. The number of carbonyl (C=O) groups is 1. The van der Waals surface area contributed by atoms with Crippen LogP contribution in [-0.4, -0.2) is 22.8 Å². The quantitative estimate of drug-likeness (QED) is 0.716. The van der Waals surface area contributed by atoms with E-state index in [4.69, 9.17) is 10.2 Å². The van der Waals surface area contributed by atoms with Gasteiger partial charge in [-0.05, 0) is 19.1 Å². The Bertz CT molecular complexity index is 424. The number of benzene rings is 1. The minimum atomic E-state index is -0.980. The molecule has 3 nitrogen and oxygen atoms in total. The first-order valence-electron chi connectivity index (χ1n) is 4.59. The molecule has 0 radical (unpaired) electrons. The molecule has 0 saturated carbocycles. The van der Waals surface area contributed by atoms with Gasteiger partial charge in [-0.25, -0.2) is 4.79 Å². The average molecular weight is 204 g/mol. The van der Waals surface area contributed by atoms with E-state index in [1.165, 1.54) is 0 Å². The lowest BCUT2D eigenvalue weighted by molar-refractivity contribution is 0.0696. The molecule has 78 valence electrons. The molecule has 0 aliphatic rings. The monoisotopic (exact) mass is 204 g/mol. The van der Waals surface area contributed by atoms with Crippen molar-refractivity contribution in [1.29, 1.82) is 0 Å². The van der Waals surface area contributed by atoms with Gasteiger partial charge in [0.15, 0.2) is 0 Å². The van der Waals surface area contributed by atoms with E-state index < -0.39 is 5.97 Å². The van der Waals surface area contributed by atoms with Gasteiger partial charge in [-0.1, -0.05) is 23.5 Å². The highest BCUT2D eigenvalue weighted by molar-refractivity contribution is 5.91. The Morgan fingerprint density at radius 3 is 2.80 bits per heavy atom. The van der Waals surface area contributed by atoms with Gasteiger partial charge in [-0.3, -0.25) is 0 Å². The molecule has 0 bridgehead atoms. The van der Waals surface area contributed by atoms with Crippen molar-refractivity contribution in [2.24, 2.45) is 0 Å². The molecule has 3 heteroatoms. The van der Waals surface area contributed by atoms with Crippen molar-refractivity contribution < 1.29 is 15.0 Å². The van der Waals surface area contributed by atoms with Crippen molar-refractivity contribution >= 4 is 5.97 Å². The SMILES string of the molecule is Cc1ccc(C#CCCO)c(C(=O)O)c1. The van der Waals surface area contributed by atoms with Crippen LogP contribution in [-0.2, 0) is 0 Å². The molecule has 0 atom stereocenters. The maximum absolute atomic E-state index is 10.9. The van der Waals surface area contributed by atoms with Crippen molar-refractivity contribution in [3.8, 4) is 11.8 Å².